The molecule has 0 atom stereocenters. The highest BCUT2D eigenvalue weighted by atomic mass is 16.5. The number of fused-ring (bicyclic) bond motifs is 1. The Balaban J connectivity index is 2.00. The molecule has 2 heterocycles. The Labute approximate surface area is 185 Å². The topological polar surface area (TPSA) is 106 Å². The lowest BCUT2D eigenvalue weighted by Crippen LogP contribution is -2.27. The van der Waals surface area contributed by atoms with Crippen LogP contribution in [0.3, 0.4) is 0 Å². The third-order valence-electron chi connectivity index (χ3n) is 4.64. The molecule has 1 aromatic carbocycles. The molecule has 0 radical (unpaired) electrons. The zero-order chi connectivity index (χ0) is 22.9. The first-order valence-corrected chi connectivity index (χ1v) is 10.3. The largest absolute Gasteiger partial charge is 0.438 e. The van der Waals surface area contributed by atoms with Gasteiger partial charge in [-0.05, 0) is 50.1 Å². The van der Waals surface area contributed by atoms with E-state index in [-0.39, 0.29) is 17.0 Å². The van der Waals surface area contributed by atoms with Crippen LogP contribution < -0.4 is 15.6 Å². The quantitative estimate of drug-likeness (QED) is 0.316. The van der Waals surface area contributed by atoms with Crippen LogP contribution in [0.5, 0.6) is 11.6 Å². The number of nitrogens with one attached hydrogen (secondary N) is 1. The van der Waals surface area contributed by atoms with Crippen LogP contribution >= 0.6 is 0 Å². The second kappa shape index (κ2) is 10.9. The Morgan fingerprint density at radius 1 is 1.25 bits per heavy atom. The van der Waals surface area contributed by atoms with Crippen molar-refractivity contribution in [3.63, 3.8) is 0 Å². The summed E-state index contributed by atoms with van der Waals surface area (Å²) in [7, 11) is 0. The molecule has 2 aromatic heterocycles. The number of pyridine rings is 1. The van der Waals surface area contributed by atoms with E-state index < -0.39 is 11.5 Å². The highest BCUT2D eigenvalue weighted by Crippen LogP contribution is 2.26. The average Bonchev–Trinajstić information content (AvgIpc) is 2.80. The van der Waals surface area contributed by atoms with E-state index >= 15 is 0 Å². The summed E-state index contributed by atoms with van der Waals surface area (Å²) in [6, 6.07) is 14.3. The normalized spacial score (nSPS) is 11.2. The van der Waals surface area contributed by atoms with Crippen molar-refractivity contribution >= 4 is 17.6 Å². The summed E-state index contributed by atoms with van der Waals surface area (Å²) in [5, 5.41) is 12.2. The van der Waals surface area contributed by atoms with Gasteiger partial charge in [0.1, 0.15) is 28.6 Å². The number of para-hydroxylation sites is 1. The van der Waals surface area contributed by atoms with E-state index in [0.29, 0.717) is 37.6 Å². The predicted molar refractivity (Wildman–Crippen MR) is 120 cm³/mol. The van der Waals surface area contributed by atoms with Crippen LogP contribution in [-0.4, -0.2) is 35.1 Å². The highest BCUT2D eigenvalue weighted by molar-refractivity contribution is 6.01. The van der Waals surface area contributed by atoms with Crippen LogP contribution in [0.15, 0.2) is 59.0 Å². The number of aryl methyl sites for hydroxylation is 1. The van der Waals surface area contributed by atoms with Gasteiger partial charge in [0.2, 0.25) is 5.88 Å². The van der Waals surface area contributed by atoms with Gasteiger partial charge in [-0.25, -0.2) is 0 Å². The third kappa shape index (κ3) is 5.39. The van der Waals surface area contributed by atoms with E-state index in [0.717, 1.165) is 5.56 Å². The third-order valence-corrected chi connectivity index (χ3v) is 4.64. The summed E-state index contributed by atoms with van der Waals surface area (Å²) in [6.07, 6.45) is 3.40. The summed E-state index contributed by atoms with van der Waals surface area (Å²) in [6.45, 7) is 5.21. The van der Waals surface area contributed by atoms with E-state index in [1.54, 1.807) is 30.5 Å². The lowest BCUT2D eigenvalue weighted by molar-refractivity contribution is -0.117. The van der Waals surface area contributed by atoms with Crippen LogP contribution in [0.1, 0.15) is 24.5 Å². The van der Waals surface area contributed by atoms with Crippen molar-refractivity contribution in [2.75, 3.05) is 19.8 Å². The fourth-order valence-electron chi connectivity index (χ4n) is 2.97. The lowest BCUT2D eigenvalue weighted by Gasteiger charge is -2.12. The molecule has 8 heteroatoms. The van der Waals surface area contributed by atoms with Gasteiger partial charge in [-0.3, -0.25) is 14.0 Å². The molecular weight excluding hydrogens is 408 g/mol. The van der Waals surface area contributed by atoms with Crippen LogP contribution in [0, 0.1) is 18.3 Å². The zero-order valence-corrected chi connectivity index (χ0v) is 18.0. The van der Waals surface area contributed by atoms with E-state index in [2.05, 4.69) is 10.3 Å². The smallest absolute Gasteiger partial charge is 0.269 e. The lowest BCUT2D eigenvalue weighted by atomic mass is 10.1. The number of aromatic nitrogens is 2. The average molecular weight is 432 g/mol. The molecule has 3 aromatic rings. The molecule has 3 rings (SSSR count). The van der Waals surface area contributed by atoms with Crippen LogP contribution in [-0.2, 0) is 9.53 Å². The molecule has 0 saturated carbocycles. The predicted octanol–water partition coefficient (Wildman–Crippen LogP) is 3.25. The van der Waals surface area contributed by atoms with Gasteiger partial charge in [-0.1, -0.05) is 24.3 Å². The molecule has 1 amide bonds. The maximum atomic E-state index is 13.2. The maximum Gasteiger partial charge on any atom is 0.269 e. The number of rotatable bonds is 9. The molecule has 0 unspecified atom stereocenters. The van der Waals surface area contributed by atoms with E-state index in [1.807, 2.05) is 38.1 Å². The number of benzene rings is 1. The molecule has 0 fully saturated rings. The minimum Gasteiger partial charge on any atom is -0.438 e. The molecule has 0 bridgehead atoms. The summed E-state index contributed by atoms with van der Waals surface area (Å²) < 4.78 is 12.5. The summed E-state index contributed by atoms with van der Waals surface area (Å²) >= 11 is 0. The molecular formula is C24H24N4O4. The first kappa shape index (κ1) is 22.7. The van der Waals surface area contributed by atoms with E-state index in [4.69, 9.17) is 9.47 Å². The minimum atomic E-state index is -0.580. The number of ether oxygens (including phenoxy) is 2. The van der Waals surface area contributed by atoms with Crippen molar-refractivity contribution in [3.8, 4) is 17.7 Å². The number of hydrogen-bond acceptors (Lipinski definition) is 6. The van der Waals surface area contributed by atoms with Crippen molar-refractivity contribution in [3.05, 3.63) is 75.7 Å². The van der Waals surface area contributed by atoms with Gasteiger partial charge in [0.15, 0.2) is 0 Å². The monoisotopic (exact) mass is 432 g/mol. The second-order valence-corrected chi connectivity index (χ2v) is 6.91. The molecule has 0 aliphatic heterocycles. The van der Waals surface area contributed by atoms with E-state index in [9.17, 15) is 14.9 Å². The van der Waals surface area contributed by atoms with Crippen LogP contribution in [0.4, 0.5) is 0 Å². The maximum absolute atomic E-state index is 13.2. The number of carbonyl (C=O) groups excluding carboxylic acids is 1. The van der Waals surface area contributed by atoms with E-state index in [1.165, 1.54) is 10.5 Å². The molecule has 0 aliphatic rings. The molecule has 1 N–H and O–H groups in total. The Hall–Kier alpha value is -3.96. The highest BCUT2D eigenvalue weighted by Gasteiger charge is 2.17. The first-order valence-electron chi connectivity index (χ1n) is 10.3. The van der Waals surface area contributed by atoms with Gasteiger partial charge in [-0.15, -0.1) is 0 Å². The molecule has 32 heavy (non-hydrogen) atoms. The molecule has 0 saturated heterocycles. The van der Waals surface area contributed by atoms with Gasteiger partial charge in [-0.2, -0.15) is 10.2 Å². The van der Waals surface area contributed by atoms with Crippen molar-refractivity contribution in [2.45, 2.75) is 20.3 Å². The number of nitriles is 1. The number of nitrogens with zero attached hydrogens (tertiary/aromatic N) is 3. The van der Waals surface area contributed by atoms with Crippen LogP contribution in [0.2, 0.25) is 0 Å². The Kier molecular flexibility index (Phi) is 7.73. The Morgan fingerprint density at radius 2 is 2.03 bits per heavy atom. The second-order valence-electron chi connectivity index (χ2n) is 6.91. The summed E-state index contributed by atoms with van der Waals surface area (Å²) in [5.41, 5.74) is 0.585. The van der Waals surface area contributed by atoms with Crippen molar-refractivity contribution in [2.24, 2.45) is 0 Å². The molecule has 8 nitrogen and oxygen atoms in total. The van der Waals surface area contributed by atoms with Gasteiger partial charge >= 0.3 is 0 Å². The standard InChI is InChI=1S/C24H24N4O4/c1-3-31-14-8-12-26-22(29)18(16-25)15-19-23(32-20-10-5-4-9-17(20)2)27-21-11-6-7-13-28(21)24(19)30/h4-7,9-11,13,15H,3,8,12,14H2,1-2H3,(H,26,29). The van der Waals surface area contributed by atoms with Gasteiger partial charge in [0.05, 0.1) is 0 Å². The van der Waals surface area contributed by atoms with Crippen molar-refractivity contribution in [1.82, 2.24) is 14.7 Å². The van der Waals surface area contributed by atoms with Gasteiger partial charge in [0, 0.05) is 26.0 Å². The fraction of sp³-hybridized carbons (Fsp3) is 0.250. The summed E-state index contributed by atoms with van der Waals surface area (Å²) in [4.78, 5) is 30.1. The van der Waals surface area contributed by atoms with Crippen molar-refractivity contribution in [1.29, 1.82) is 5.26 Å². The van der Waals surface area contributed by atoms with Crippen molar-refractivity contribution < 1.29 is 14.3 Å². The van der Waals surface area contributed by atoms with Crippen LogP contribution in [0.25, 0.3) is 11.7 Å². The minimum absolute atomic E-state index is 0.0120. The zero-order valence-electron chi connectivity index (χ0n) is 18.0. The number of hydrogen-bond donors (Lipinski definition) is 1. The number of carbonyl (C=O) groups is 1. The fourth-order valence-corrected chi connectivity index (χ4v) is 2.97. The molecule has 0 spiro atoms. The SMILES string of the molecule is CCOCCCNC(=O)C(C#N)=Cc1c(Oc2ccccc2C)nc2ccccn2c1=O. The Morgan fingerprint density at radius 3 is 2.78 bits per heavy atom. The number of amides is 1. The molecule has 0 aliphatic carbocycles. The van der Waals surface area contributed by atoms with Gasteiger partial charge < -0.3 is 14.8 Å². The van der Waals surface area contributed by atoms with Gasteiger partial charge in [0.25, 0.3) is 11.5 Å². The summed E-state index contributed by atoms with van der Waals surface area (Å²) in [5.74, 6) is -0.0380. The Bertz CT molecular complexity index is 1240. The first-order chi connectivity index (χ1) is 15.5. The molecule has 164 valence electrons.